The minimum Gasteiger partial charge on any atom is -0.309 e. The number of nitrogens with zero attached hydrogens (tertiary/aromatic N) is 1. The van der Waals surface area contributed by atoms with Crippen molar-refractivity contribution in [2.75, 3.05) is 27.2 Å². The summed E-state index contributed by atoms with van der Waals surface area (Å²) in [6.07, 6.45) is 0.732. The lowest BCUT2D eigenvalue weighted by Gasteiger charge is -2.10. The lowest BCUT2D eigenvalue weighted by Crippen LogP contribution is -2.27. The van der Waals surface area contributed by atoms with Crippen LogP contribution in [0.15, 0.2) is 27.9 Å². The molecule has 110 valence electrons. The number of hydrogen-bond donors (Lipinski definition) is 3. The van der Waals surface area contributed by atoms with Gasteiger partial charge in [0.05, 0.1) is 15.9 Å². The van der Waals surface area contributed by atoms with Crippen LogP contribution in [-0.2, 0) is 10.0 Å². The summed E-state index contributed by atoms with van der Waals surface area (Å²) >= 11 is 0. The maximum atomic E-state index is 12.1. The molecule has 0 aliphatic heterocycles. The fraction of sp³-hybridized carbons (Fsp3) is 0.417. The molecule has 20 heavy (non-hydrogen) atoms. The summed E-state index contributed by atoms with van der Waals surface area (Å²) in [6.45, 7) is 1.19. The zero-order chi connectivity index (χ0) is 14.8. The summed E-state index contributed by atoms with van der Waals surface area (Å²) in [6, 6.07) is 4.49. The molecule has 0 amide bonds. The van der Waals surface area contributed by atoms with E-state index < -0.39 is 10.0 Å². The number of benzene rings is 1. The third kappa shape index (κ3) is 3.47. The number of aromatic amines is 2. The predicted molar refractivity (Wildman–Crippen MR) is 77.3 cm³/mol. The largest absolute Gasteiger partial charge is 0.323 e. The van der Waals surface area contributed by atoms with E-state index >= 15 is 0 Å². The number of rotatable bonds is 6. The normalized spacial score (nSPS) is 12.3. The Kier molecular flexibility index (Phi) is 4.26. The topological polar surface area (TPSA) is 98.1 Å². The van der Waals surface area contributed by atoms with Gasteiger partial charge in [0.2, 0.25) is 10.0 Å². The van der Waals surface area contributed by atoms with Gasteiger partial charge < -0.3 is 14.9 Å². The molecule has 0 spiro atoms. The van der Waals surface area contributed by atoms with Gasteiger partial charge in [0, 0.05) is 6.54 Å². The number of fused-ring (bicyclic) bond motifs is 1. The molecule has 2 aromatic rings. The van der Waals surface area contributed by atoms with Crippen LogP contribution in [0.2, 0.25) is 0 Å². The van der Waals surface area contributed by atoms with E-state index in [1.165, 1.54) is 12.1 Å². The second kappa shape index (κ2) is 5.78. The third-order valence-electron chi connectivity index (χ3n) is 2.87. The Balaban J connectivity index is 2.12. The van der Waals surface area contributed by atoms with Crippen molar-refractivity contribution in [2.24, 2.45) is 0 Å². The molecule has 0 aliphatic rings. The molecule has 1 heterocycles. The first-order chi connectivity index (χ1) is 9.38. The van der Waals surface area contributed by atoms with Crippen LogP contribution in [0.1, 0.15) is 6.42 Å². The van der Waals surface area contributed by atoms with Gasteiger partial charge in [-0.05, 0) is 45.3 Å². The molecule has 1 aromatic carbocycles. The van der Waals surface area contributed by atoms with Gasteiger partial charge in [-0.1, -0.05) is 0 Å². The lowest BCUT2D eigenvalue weighted by molar-refractivity contribution is 0.400. The molecule has 0 fully saturated rings. The molecule has 0 saturated carbocycles. The van der Waals surface area contributed by atoms with Crippen LogP contribution in [0.25, 0.3) is 11.0 Å². The molecule has 2 rings (SSSR count). The fourth-order valence-electron chi connectivity index (χ4n) is 1.86. The number of imidazole rings is 1. The van der Waals surface area contributed by atoms with Crippen molar-refractivity contribution in [1.29, 1.82) is 0 Å². The van der Waals surface area contributed by atoms with Gasteiger partial charge in [-0.3, -0.25) is 0 Å². The smallest absolute Gasteiger partial charge is 0.309 e. The van der Waals surface area contributed by atoms with Crippen molar-refractivity contribution in [3.05, 3.63) is 28.7 Å². The highest BCUT2D eigenvalue weighted by atomic mass is 32.2. The molecule has 0 bridgehead atoms. The third-order valence-corrected chi connectivity index (χ3v) is 4.33. The molecule has 0 radical (unpaired) electrons. The summed E-state index contributed by atoms with van der Waals surface area (Å²) in [5.74, 6) is 0. The van der Waals surface area contributed by atoms with Gasteiger partial charge >= 0.3 is 5.69 Å². The van der Waals surface area contributed by atoms with E-state index in [4.69, 9.17) is 0 Å². The van der Waals surface area contributed by atoms with Crippen molar-refractivity contribution < 1.29 is 8.42 Å². The molecule has 0 aliphatic carbocycles. The molecule has 0 atom stereocenters. The summed E-state index contributed by atoms with van der Waals surface area (Å²) in [5, 5.41) is 0. The molecule has 0 saturated heterocycles. The van der Waals surface area contributed by atoms with E-state index in [0.29, 0.717) is 17.6 Å². The average molecular weight is 298 g/mol. The zero-order valence-electron chi connectivity index (χ0n) is 11.4. The molecule has 1 aromatic heterocycles. The van der Waals surface area contributed by atoms with E-state index in [2.05, 4.69) is 14.7 Å². The molecular formula is C12H18N4O3S. The van der Waals surface area contributed by atoms with Crippen LogP contribution in [0.5, 0.6) is 0 Å². The highest BCUT2D eigenvalue weighted by Crippen LogP contribution is 2.14. The molecule has 7 nitrogen and oxygen atoms in total. The quantitative estimate of drug-likeness (QED) is 0.658. The van der Waals surface area contributed by atoms with Crippen LogP contribution in [0.4, 0.5) is 0 Å². The minimum atomic E-state index is -3.54. The van der Waals surface area contributed by atoms with Crippen molar-refractivity contribution >= 4 is 21.1 Å². The minimum absolute atomic E-state index is 0.144. The van der Waals surface area contributed by atoms with E-state index in [-0.39, 0.29) is 10.6 Å². The van der Waals surface area contributed by atoms with Crippen LogP contribution in [0.3, 0.4) is 0 Å². The van der Waals surface area contributed by atoms with E-state index in [9.17, 15) is 13.2 Å². The van der Waals surface area contributed by atoms with Gasteiger partial charge in [-0.25, -0.2) is 17.9 Å². The van der Waals surface area contributed by atoms with Crippen molar-refractivity contribution in [3.8, 4) is 0 Å². The molecule has 0 unspecified atom stereocenters. The first-order valence-electron chi connectivity index (χ1n) is 6.25. The molecule has 3 N–H and O–H groups in total. The van der Waals surface area contributed by atoms with Gasteiger partial charge in [-0.15, -0.1) is 0 Å². The maximum absolute atomic E-state index is 12.1. The zero-order valence-corrected chi connectivity index (χ0v) is 12.3. The highest BCUT2D eigenvalue weighted by Gasteiger charge is 2.14. The van der Waals surface area contributed by atoms with E-state index in [1.807, 2.05) is 19.0 Å². The Morgan fingerprint density at radius 2 is 1.90 bits per heavy atom. The summed E-state index contributed by atoms with van der Waals surface area (Å²) in [5.41, 5.74) is 0.709. The first-order valence-corrected chi connectivity index (χ1v) is 7.73. The monoisotopic (exact) mass is 298 g/mol. The van der Waals surface area contributed by atoms with Crippen molar-refractivity contribution in [1.82, 2.24) is 19.6 Å². The van der Waals surface area contributed by atoms with Crippen LogP contribution >= 0.6 is 0 Å². The Morgan fingerprint density at radius 3 is 2.60 bits per heavy atom. The number of hydrogen-bond acceptors (Lipinski definition) is 4. The lowest BCUT2D eigenvalue weighted by atomic mass is 10.3. The van der Waals surface area contributed by atoms with E-state index in [0.717, 1.165) is 13.0 Å². The second-order valence-corrected chi connectivity index (χ2v) is 6.61. The standard InChI is InChI=1S/C12H18N4O3S/c1-16(2)7-3-6-13-20(18,19)9-4-5-10-11(8-9)15-12(17)14-10/h4-5,8,13H,3,6-7H2,1-2H3,(H2,14,15,17). The summed E-state index contributed by atoms with van der Waals surface area (Å²) in [4.78, 5) is 18.4. The Labute approximate surface area is 117 Å². The van der Waals surface area contributed by atoms with Gasteiger partial charge in [0.1, 0.15) is 0 Å². The van der Waals surface area contributed by atoms with Gasteiger partial charge in [0.15, 0.2) is 0 Å². The highest BCUT2D eigenvalue weighted by molar-refractivity contribution is 7.89. The van der Waals surface area contributed by atoms with Crippen LogP contribution < -0.4 is 10.4 Å². The average Bonchev–Trinajstić information content (AvgIpc) is 2.73. The van der Waals surface area contributed by atoms with Gasteiger partial charge in [0.25, 0.3) is 0 Å². The number of H-pyrrole nitrogens is 2. The van der Waals surface area contributed by atoms with Crippen LogP contribution in [-0.4, -0.2) is 50.5 Å². The van der Waals surface area contributed by atoms with Crippen molar-refractivity contribution in [3.63, 3.8) is 0 Å². The van der Waals surface area contributed by atoms with Crippen LogP contribution in [0, 0.1) is 0 Å². The first kappa shape index (κ1) is 14.8. The fourth-order valence-corrected chi connectivity index (χ4v) is 2.96. The molecule has 8 heteroatoms. The number of nitrogens with one attached hydrogen (secondary N) is 3. The summed E-state index contributed by atoms with van der Waals surface area (Å²) in [7, 11) is 0.326. The second-order valence-electron chi connectivity index (χ2n) is 4.84. The predicted octanol–water partition coefficient (Wildman–Crippen LogP) is 0.0862. The summed E-state index contributed by atoms with van der Waals surface area (Å²) < 4.78 is 26.7. The Morgan fingerprint density at radius 1 is 1.20 bits per heavy atom. The van der Waals surface area contributed by atoms with Gasteiger partial charge in [-0.2, -0.15) is 0 Å². The number of sulfonamides is 1. The Hall–Kier alpha value is -1.64. The Bertz CT molecular complexity index is 745. The number of aromatic nitrogens is 2. The van der Waals surface area contributed by atoms with E-state index in [1.54, 1.807) is 6.07 Å². The maximum Gasteiger partial charge on any atom is 0.323 e. The van der Waals surface area contributed by atoms with Crippen molar-refractivity contribution in [2.45, 2.75) is 11.3 Å². The SMILES string of the molecule is CN(C)CCCNS(=O)(=O)c1ccc2[nH]c(=O)[nH]c2c1. The molecular weight excluding hydrogens is 280 g/mol.